The number of hydrogen-bond donors (Lipinski definition) is 1. The van der Waals surface area contributed by atoms with Crippen LogP contribution in [0.25, 0.3) is 0 Å². The van der Waals surface area contributed by atoms with Gasteiger partial charge in [-0.1, -0.05) is 112 Å². The van der Waals surface area contributed by atoms with Crippen molar-refractivity contribution in [2.75, 3.05) is 27.1 Å². The minimum absolute atomic E-state index is 0.00995. The molecule has 1 N–H and O–H groups in total. The van der Waals surface area contributed by atoms with Crippen LogP contribution >= 0.6 is 0 Å². The number of aliphatic hydroxyl groups is 1. The van der Waals surface area contributed by atoms with Gasteiger partial charge in [-0.15, -0.1) is 0 Å². The van der Waals surface area contributed by atoms with Gasteiger partial charge in [-0.2, -0.15) is 0 Å². The third-order valence-corrected chi connectivity index (χ3v) is 25.4. The van der Waals surface area contributed by atoms with E-state index in [4.69, 9.17) is 46.7 Å². The topological polar surface area (TPSA) is 167 Å². The van der Waals surface area contributed by atoms with Crippen molar-refractivity contribution in [1.82, 2.24) is 4.90 Å². The first-order chi connectivity index (χ1) is 30.3. The van der Waals surface area contributed by atoms with Crippen molar-refractivity contribution >= 4 is 42.9 Å². The van der Waals surface area contributed by atoms with Gasteiger partial charge < -0.3 is 51.9 Å². The number of hydrogen-bond acceptors (Lipinski definition) is 14. The second kappa shape index (κ2) is 22.2. The fourth-order valence-corrected chi connectivity index (χ4v) is 11.7. The maximum Gasteiger partial charge on any atom is 0.508 e. The summed E-state index contributed by atoms with van der Waals surface area (Å²) in [5.41, 5.74) is 0.0476. The summed E-state index contributed by atoms with van der Waals surface area (Å²) in [4.78, 5) is 43.2. The van der Waals surface area contributed by atoms with Gasteiger partial charge in [-0.05, 0) is 54.8 Å². The molecule has 11 atom stereocenters. The van der Waals surface area contributed by atoms with Crippen molar-refractivity contribution in [3.05, 3.63) is 35.9 Å². The van der Waals surface area contributed by atoms with Gasteiger partial charge in [0.15, 0.2) is 29.0 Å². The molecule has 378 valence electrons. The van der Waals surface area contributed by atoms with Gasteiger partial charge in [-0.25, -0.2) is 14.5 Å². The Morgan fingerprint density at radius 2 is 1.52 bits per heavy atom. The lowest BCUT2D eigenvalue weighted by Crippen LogP contribution is -2.70. The lowest BCUT2D eigenvalue weighted by Gasteiger charge is -2.55. The molecule has 3 heterocycles. The van der Waals surface area contributed by atoms with Crippen LogP contribution in [0, 0.1) is 11.3 Å². The predicted octanol–water partition coefficient (Wildman–Crippen LogP) is 9.50. The fraction of sp³-hybridized carbons (Fsp3) is 0.812. The number of ether oxygens (including phenoxy) is 8. The molecule has 0 saturated carbocycles. The number of imide groups is 1. The van der Waals surface area contributed by atoms with E-state index in [2.05, 4.69) is 101 Å². The summed E-state index contributed by atoms with van der Waals surface area (Å²) in [6, 6.07) is 9.97. The first-order valence-corrected chi connectivity index (χ1v) is 33.3. The lowest BCUT2D eigenvalue weighted by molar-refractivity contribution is -0.342. The van der Waals surface area contributed by atoms with E-state index in [9.17, 15) is 14.7 Å². The first-order valence-electron chi connectivity index (χ1n) is 23.7. The minimum Gasteiger partial charge on any atom is -0.449 e. The molecule has 18 heteroatoms. The lowest BCUT2D eigenvalue weighted by atomic mass is 9.72. The van der Waals surface area contributed by atoms with Crippen LogP contribution in [0.1, 0.15) is 87.6 Å². The van der Waals surface area contributed by atoms with Crippen molar-refractivity contribution < 1.29 is 66.2 Å². The Balaban J connectivity index is 1.81. The smallest absolute Gasteiger partial charge is 0.449 e. The summed E-state index contributed by atoms with van der Waals surface area (Å²) in [5, 5.41) is 12.4. The van der Waals surface area contributed by atoms with E-state index in [1.165, 1.54) is 0 Å². The van der Waals surface area contributed by atoms with Crippen LogP contribution in [0.15, 0.2) is 30.3 Å². The summed E-state index contributed by atoms with van der Waals surface area (Å²) < 4.78 is 62.5. The van der Waals surface area contributed by atoms with E-state index in [1.807, 2.05) is 44.2 Å². The van der Waals surface area contributed by atoms with Crippen LogP contribution in [0.3, 0.4) is 0 Å². The van der Waals surface area contributed by atoms with Crippen molar-refractivity contribution in [3.8, 4) is 0 Å². The monoisotopic (exact) mass is 984 g/mol. The number of benzene rings is 1. The Hall–Kier alpha value is -2.24. The van der Waals surface area contributed by atoms with Gasteiger partial charge in [0.05, 0.1) is 37.6 Å². The van der Waals surface area contributed by atoms with E-state index in [-0.39, 0.29) is 61.6 Å². The molecule has 1 aromatic carbocycles. The van der Waals surface area contributed by atoms with Gasteiger partial charge in [0.1, 0.15) is 31.7 Å². The third kappa shape index (κ3) is 14.2. The van der Waals surface area contributed by atoms with Gasteiger partial charge >= 0.3 is 12.2 Å². The van der Waals surface area contributed by atoms with Crippen LogP contribution in [0.4, 0.5) is 9.59 Å². The van der Waals surface area contributed by atoms with Crippen molar-refractivity contribution in [1.29, 1.82) is 0 Å². The Kier molecular flexibility index (Phi) is 19.0. The third-order valence-electron chi connectivity index (χ3n) is 14.6. The zero-order valence-electron chi connectivity index (χ0n) is 43.4. The van der Waals surface area contributed by atoms with Gasteiger partial charge in [0.25, 0.3) is 5.91 Å². The van der Waals surface area contributed by atoms with Gasteiger partial charge in [0.2, 0.25) is 0 Å². The summed E-state index contributed by atoms with van der Waals surface area (Å²) >= 11 is 0. The largest absolute Gasteiger partial charge is 0.508 e. The number of fused-ring (bicyclic) bond motifs is 1. The number of amides is 2. The van der Waals surface area contributed by atoms with E-state index in [0.717, 1.165) is 10.5 Å². The maximum absolute atomic E-state index is 15.6. The molecule has 3 aliphatic rings. The average Bonchev–Trinajstić information content (AvgIpc) is 3.60. The zero-order chi connectivity index (χ0) is 49.8. The number of carbonyl (C=O) groups excluding carboxylic acids is 3. The van der Waals surface area contributed by atoms with E-state index < -0.39 is 103 Å². The van der Waals surface area contributed by atoms with Crippen molar-refractivity contribution in [2.45, 2.75) is 212 Å². The normalized spacial score (nSPS) is 26.3. The predicted molar refractivity (Wildman–Crippen MR) is 260 cm³/mol. The summed E-state index contributed by atoms with van der Waals surface area (Å²) in [5.74, 6) is -1.09. The average molecular weight is 984 g/mol. The second-order valence-electron chi connectivity index (χ2n) is 23.4. The Morgan fingerprint density at radius 3 is 2.06 bits per heavy atom. The van der Waals surface area contributed by atoms with Gasteiger partial charge in [-0.3, -0.25) is 4.79 Å². The summed E-state index contributed by atoms with van der Waals surface area (Å²) in [7, 11) is -4.87. The molecule has 2 amide bonds. The molecule has 4 rings (SSSR count). The molecule has 0 aromatic heterocycles. The number of aliphatic hydroxyl groups excluding tert-OH is 1. The highest BCUT2D eigenvalue weighted by atomic mass is 28.4. The number of nitrogens with zero attached hydrogens (tertiary/aromatic N) is 1. The molecule has 0 spiro atoms. The maximum atomic E-state index is 15.6. The minimum atomic E-state index is -2.49. The molecule has 0 aliphatic carbocycles. The molecule has 0 radical (unpaired) electrons. The summed E-state index contributed by atoms with van der Waals surface area (Å²) in [6.07, 6.45) is -10.6. The molecule has 3 aliphatic heterocycles. The van der Waals surface area contributed by atoms with Crippen LogP contribution in [0.5, 0.6) is 0 Å². The highest BCUT2D eigenvalue weighted by Gasteiger charge is 2.59. The molecule has 0 bridgehead atoms. The fourth-order valence-electron chi connectivity index (χ4n) is 8.07. The van der Waals surface area contributed by atoms with Crippen molar-refractivity contribution in [2.24, 2.45) is 11.3 Å². The Labute approximate surface area is 398 Å². The Bertz CT molecular complexity index is 1750. The molecular weight excluding hydrogens is 899 g/mol. The van der Waals surface area contributed by atoms with E-state index in [0.29, 0.717) is 6.04 Å². The molecular formula is C48H85NO14Si3. The second-order valence-corrected chi connectivity index (χ2v) is 38.6. The number of methoxy groups -OCH3 is 1. The molecule has 3 fully saturated rings. The number of carbonyl (C=O) groups is 3. The molecule has 66 heavy (non-hydrogen) atoms. The summed E-state index contributed by atoms with van der Waals surface area (Å²) in [6.45, 7) is 36.2. The highest BCUT2D eigenvalue weighted by Crippen LogP contribution is 2.46. The number of cyclic esters (lactones) is 2. The molecule has 15 nitrogen and oxygen atoms in total. The first kappa shape index (κ1) is 56.3. The standard InChI is InChI=1S/C48H85NO14Si3/c1-31(32(2)62-65(15,16)46(3,4)5)36(63-66(17,18)47(6,7)8)27-35(50)38(56-28-33-22-20-19-21-23-33)42(51)49(44(52)55-24-25-64(12,13)14)43-40-39(58-30-59-43)41(54-11)48(9,10)37(61-40)26-34-29-57-45(53)60-34/h19-23,31-32,34-41,43,50H,24-30H2,1-18H3/t31-,32+,34-,35+,36+,37+,38+,39-,40-,41+,43-/m0/s1. The SMILES string of the molecule is CO[C@@H]1[C@H]2OCO[C@H](N(C(=O)OCC[Si](C)(C)C)C(=O)[C@H](OCc3ccccc3)[C@H](O)C[C@@H](O[Si](C)(C)C(C)(C)C)[C@@H](C)[C@@H](C)O[Si](C)(C)C(C)(C)C)[C@H]2O[C@H](C[C@H]2COC(=O)O2)C1(C)C. The van der Waals surface area contributed by atoms with Crippen molar-refractivity contribution in [3.63, 3.8) is 0 Å². The Morgan fingerprint density at radius 1 is 0.909 bits per heavy atom. The van der Waals surface area contributed by atoms with Gasteiger partial charge in [0, 0.05) is 45.5 Å². The quantitative estimate of drug-likeness (QED) is 0.0969. The molecule has 0 unspecified atom stereocenters. The van der Waals surface area contributed by atoms with Crippen LogP contribution < -0.4 is 0 Å². The zero-order valence-corrected chi connectivity index (χ0v) is 46.4. The number of rotatable bonds is 20. The molecule has 3 saturated heterocycles. The van der Waals surface area contributed by atoms with E-state index in [1.54, 1.807) is 7.11 Å². The van der Waals surface area contributed by atoms with Crippen LogP contribution in [-0.4, -0.2) is 141 Å². The highest BCUT2D eigenvalue weighted by molar-refractivity contribution is 6.76. The molecule has 1 aromatic rings. The van der Waals surface area contributed by atoms with Crippen LogP contribution in [0.2, 0.25) is 61.9 Å². The van der Waals surface area contributed by atoms with Crippen LogP contribution in [-0.2, 0) is 58.1 Å². The van der Waals surface area contributed by atoms with E-state index >= 15 is 4.79 Å².